The molecular weight excluding hydrogens is 361 g/mol. The van der Waals surface area contributed by atoms with Gasteiger partial charge >= 0.3 is 6.09 Å². The van der Waals surface area contributed by atoms with E-state index in [-0.39, 0.29) is 18.0 Å². The number of rotatable bonds is 7. The van der Waals surface area contributed by atoms with Crippen molar-refractivity contribution in [2.75, 3.05) is 36.9 Å². The summed E-state index contributed by atoms with van der Waals surface area (Å²) in [4.78, 5) is 22.3. The molecule has 7 nitrogen and oxygen atoms in total. The Morgan fingerprint density at radius 2 is 2.00 bits per heavy atom. The fraction of sp³-hybridized carbons (Fsp3) is 0.450. The van der Waals surface area contributed by atoms with Crippen molar-refractivity contribution < 1.29 is 13.9 Å². The molecule has 1 aliphatic rings. The Labute approximate surface area is 164 Å². The van der Waals surface area contributed by atoms with Gasteiger partial charge in [-0.15, -0.1) is 0 Å². The maximum Gasteiger partial charge on any atom is 0.409 e. The summed E-state index contributed by atoms with van der Waals surface area (Å²) in [6.45, 7) is 4.22. The van der Waals surface area contributed by atoms with Crippen LogP contribution < -0.4 is 10.6 Å². The molecule has 1 aliphatic heterocycles. The van der Waals surface area contributed by atoms with Crippen molar-refractivity contribution in [3.63, 3.8) is 0 Å². The van der Waals surface area contributed by atoms with Crippen LogP contribution in [0.4, 0.5) is 21.0 Å². The SMILES string of the molecule is CCOC(=O)N1CCC(Nc2nccc(NCCc3ccc(F)cc3)n2)CC1. The summed E-state index contributed by atoms with van der Waals surface area (Å²) < 4.78 is 18.0. The molecule has 2 aromatic rings. The molecule has 1 saturated heterocycles. The second kappa shape index (κ2) is 9.87. The highest BCUT2D eigenvalue weighted by molar-refractivity contribution is 5.67. The van der Waals surface area contributed by atoms with Crippen molar-refractivity contribution in [1.29, 1.82) is 0 Å². The number of carbonyl (C=O) groups is 1. The van der Waals surface area contributed by atoms with Gasteiger partial charge in [-0.2, -0.15) is 4.98 Å². The summed E-state index contributed by atoms with van der Waals surface area (Å²) in [6.07, 6.45) is 3.89. The molecule has 2 N–H and O–H groups in total. The first-order valence-electron chi connectivity index (χ1n) is 9.63. The van der Waals surface area contributed by atoms with Gasteiger partial charge in [0.05, 0.1) is 6.61 Å². The van der Waals surface area contributed by atoms with E-state index in [9.17, 15) is 9.18 Å². The zero-order valence-electron chi connectivity index (χ0n) is 16.0. The van der Waals surface area contributed by atoms with Gasteiger partial charge in [-0.3, -0.25) is 0 Å². The zero-order valence-corrected chi connectivity index (χ0v) is 16.0. The van der Waals surface area contributed by atoms with E-state index in [0.29, 0.717) is 32.2 Å². The van der Waals surface area contributed by atoms with E-state index in [0.717, 1.165) is 30.6 Å². The average Bonchev–Trinajstić information content (AvgIpc) is 2.71. The number of amides is 1. The number of likely N-dealkylation sites (tertiary alicyclic amines) is 1. The van der Waals surface area contributed by atoms with Crippen LogP contribution in [-0.4, -0.2) is 53.2 Å². The van der Waals surface area contributed by atoms with Crippen molar-refractivity contribution in [3.05, 3.63) is 47.9 Å². The molecule has 1 aromatic carbocycles. The molecule has 1 aromatic heterocycles. The Morgan fingerprint density at radius 3 is 2.71 bits per heavy atom. The summed E-state index contributed by atoms with van der Waals surface area (Å²) in [7, 11) is 0. The van der Waals surface area contributed by atoms with Gasteiger partial charge in [-0.05, 0) is 49.9 Å². The number of anilines is 2. The minimum absolute atomic E-state index is 0.222. The highest BCUT2D eigenvalue weighted by Crippen LogP contribution is 2.16. The number of carbonyl (C=O) groups excluding carboxylic acids is 1. The maximum absolute atomic E-state index is 12.9. The van der Waals surface area contributed by atoms with Gasteiger partial charge in [0.15, 0.2) is 0 Å². The second-order valence-electron chi connectivity index (χ2n) is 6.67. The van der Waals surface area contributed by atoms with E-state index in [1.165, 1.54) is 12.1 Å². The minimum Gasteiger partial charge on any atom is -0.450 e. The molecule has 150 valence electrons. The number of nitrogens with one attached hydrogen (secondary N) is 2. The summed E-state index contributed by atoms with van der Waals surface area (Å²) in [5.41, 5.74) is 1.06. The fourth-order valence-corrected chi connectivity index (χ4v) is 3.12. The highest BCUT2D eigenvalue weighted by atomic mass is 19.1. The van der Waals surface area contributed by atoms with Crippen molar-refractivity contribution in [1.82, 2.24) is 14.9 Å². The first-order chi connectivity index (χ1) is 13.6. The molecular formula is C20H26FN5O2. The third-order valence-electron chi connectivity index (χ3n) is 4.64. The Balaban J connectivity index is 1.44. The van der Waals surface area contributed by atoms with E-state index in [1.807, 2.05) is 13.0 Å². The van der Waals surface area contributed by atoms with Gasteiger partial charge in [0.25, 0.3) is 0 Å². The summed E-state index contributed by atoms with van der Waals surface area (Å²) in [5.74, 6) is 1.08. The number of ether oxygens (including phenoxy) is 1. The van der Waals surface area contributed by atoms with E-state index in [4.69, 9.17) is 4.74 Å². The normalized spacial score (nSPS) is 14.6. The monoisotopic (exact) mass is 387 g/mol. The maximum atomic E-state index is 12.9. The molecule has 0 bridgehead atoms. The van der Waals surface area contributed by atoms with Crippen LogP contribution in [0.15, 0.2) is 36.5 Å². The summed E-state index contributed by atoms with van der Waals surface area (Å²) in [5, 5.41) is 6.61. The van der Waals surface area contributed by atoms with Crippen LogP contribution in [-0.2, 0) is 11.2 Å². The third-order valence-corrected chi connectivity index (χ3v) is 4.64. The highest BCUT2D eigenvalue weighted by Gasteiger charge is 2.23. The molecule has 3 rings (SSSR count). The number of benzene rings is 1. The van der Waals surface area contributed by atoms with Crippen LogP contribution >= 0.6 is 0 Å². The Bertz CT molecular complexity index is 763. The molecule has 1 amide bonds. The van der Waals surface area contributed by atoms with Crippen LogP contribution in [0.25, 0.3) is 0 Å². The topological polar surface area (TPSA) is 79.4 Å². The predicted octanol–water partition coefficient (Wildman–Crippen LogP) is 3.30. The fourth-order valence-electron chi connectivity index (χ4n) is 3.12. The number of hydrogen-bond donors (Lipinski definition) is 2. The predicted molar refractivity (Wildman–Crippen MR) is 106 cm³/mol. The number of hydrogen-bond acceptors (Lipinski definition) is 6. The van der Waals surface area contributed by atoms with E-state index < -0.39 is 0 Å². The first-order valence-corrected chi connectivity index (χ1v) is 9.63. The van der Waals surface area contributed by atoms with Gasteiger partial charge in [-0.25, -0.2) is 14.2 Å². The minimum atomic E-state index is -0.246. The van der Waals surface area contributed by atoms with Gasteiger partial charge in [0.1, 0.15) is 11.6 Å². The van der Waals surface area contributed by atoms with Crippen molar-refractivity contribution in [2.24, 2.45) is 0 Å². The number of halogens is 1. The van der Waals surface area contributed by atoms with E-state index in [2.05, 4.69) is 20.6 Å². The van der Waals surface area contributed by atoms with Gasteiger partial charge < -0.3 is 20.3 Å². The Hall–Kier alpha value is -2.90. The molecule has 0 atom stereocenters. The average molecular weight is 387 g/mol. The number of piperidine rings is 1. The van der Waals surface area contributed by atoms with Crippen molar-refractivity contribution >= 4 is 17.9 Å². The Kier molecular flexibility index (Phi) is 7.00. The van der Waals surface area contributed by atoms with Crippen LogP contribution in [0.5, 0.6) is 0 Å². The van der Waals surface area contributed by atoms with Gasteiger partial charge in [-0.1, -0.05) is 12.1 Å². The molecule has 28 heavy (non-hydrogen) atoms. The van der Waals surface area contributed by atoms with Gasteiger partial charge in [0, 0.05) is 31.9 Å². The van der Waals surface area contributed by atoms with Gasteiger partial charge in [0.2, 0.25) is 5.95 Å². The van der Waals surface area contributed by atoms with Crippen LogP contribution in [0.2, 0.25) is 0 Å². The summed E-state index contributed by atoms with van der Waals surface area (Å²) >= 11 is 0. The quantitative estimate of drug-likeness (QED) is 0.759. The van der Waals surface area contributed by atoms with E-state index >= 15 is 0 Å². The lowest BCUT2D eigenvalue weighted by Gasteiger charge is -2.31. The molecule has 0 unspecified atom stereocenters. The lowest BCUT2D eigenvalue weighted by atomic mass is 10.1. The molecule has 1 fully saturated rings. The van der Waals surface area contributed by atoms with Crippen LogP contribution in [0.1, 0.15) is 25.3 Å². The van der Waals surface area contributed by atoms with Crippen molar-refractivity contribution in [3.8, 4) is 0 Å². The standard InChI is InChI=1S/C20H26FN5O2/c1-2-28-20(27)26-13-9-17(10-14-26)24-19-23-12-8-18(25-19)22-11-7-15-3-5-16(21)6-4-15/h3-6,8,12,17H,2,7,9-11,13-14H2,1H3,(H2,22,23,24,25). The molecule has 0 aliphatic carbocycles. The smallest absolute Gasteiger partial charge is 0.409 e. The second-order valence-corrected chi connectivity index (χ2v) is 6.67. The molecule has 8 heteroatoms. The van der Waals surface area contributed by atoms with Crippen LogP contribution in [0.3, 0.4) is 0 Å². The van der Waals surface area contributed by atoms with E-state index in [1.54, 1.807) is 23.2 Å². The molecule has 0 spiro atoms. The van der Waals surface area contributed by atoms with Crippen molar-refractivity contribution in [2.45, 2.75) is 32.2 Å². The number of aromatic nitrogens is 2. The Morgan fingerprint density at radius 1 is 1.25 bits per heavy atom. The lowest BCUT2D eigenvalue weighted by molar-refractivity contribution is 0.0983. The largest absolute Gasteiger partial charge is 0.450 e. The molecule has 0 saturated carbocycles. The zero-order chi connectivity index (χ0) is 19.8. The number of nitrogens with zero attached hydrogens (tertiary/aromatic N) is 3. The third kappa shape index (κ3) is 5.80. The molecule has 0 radical (unpaired) electrons. The van der Waals surface area contributed by atoms with Crippen LogP contribution in [0, 0.1) is 5.82 Å². The lowest BCUT2D eigenvalue weighted by Crippen LogP contribution is -2.42. The first kappa shape index (κ1) is 19.9. The summed E-state index contributed by atoms with van der Waals surface area (Å²) in [6, 6.07) is 8.54. The molecule has 2 heterocycles.